The Balaban J connectivity index is 1.60. The SMILES string of the molecule is CC(C)=CCC/C(C)=C/CC/C(C)=C/COc1ccc2oc3c(C)c(=O)cc(C)c-3nc2c1. The van der Waals surface area contributed by atoms with Gasteiger partial charge in [-0.05, 0) is 97.1 Å². The molecule has 0 fully saturated rings. The minimum Gasteiger partial charge on any atom is -0.489 e. The highest BCUT2D eigenvalue weighted by Gasteiger charge is 2.17. The van der Waals surface area contributed by atoms with Gasteiger partial charge >= 0.3 is 0 Å². The van der Waals surface area contributed by atoms with Crippen LogP contribution in [0.1, 0.15) is 64.5 Å². The first-order valence-corrected chi connectivity index (χ1v) is 11.7. The first-order chi connectivity index (χ1) is 15.7. The fourth-order valence-corrected chi connectivity index (χ4v) is 3.72. The summed E-state index contributed by atoms with van der Waals surface area (Å²) in [4.78, 5) is 16.8. The van der Waals surface area contributed by atoms with Gasteiger partial charge in [-0.1, -0.05) is 28.9 Å². The summed E-state index contributed by atoms with van der Waals surface area (Å²) >= 11 is 0. The van der Waals surface area contributed by atoms with Crippen molar-refractivity contribution >= 4 is 11.1 Å². The number of aromatic nitrogens is 1. The molecule has 1 aromatic carbocycles. The molecular weight excluding hydrogens is 410 g/mol. The molecule has 0 bridgehead atoms. The van der Waals surface area contributed by atoms with Crippen molar-refractivity contribution in [2.45, 2.75) is 67.2 Å². The summed E-state index contributed by atoms with van der Waals surface area (Å²) in [6.07, 6.45) is 11.1. The average molecular weight is 446 g/mol. The monoisotopic (exact) mass is 445 g/mol. The van der Waals surface area contributed by atoms with Gasteiger partial charge in [0.2, 0.25) is 0 Å². The molecule has 174 valence electrons. The third-order valence-corrected chi connectivity index (χ3v) is 5.83. The van der Waals surface area contributed by atoms with Crippen LogP contribution in [-0.4, -0.2) is 11.6 Å². The molecule has 0 N–H and O–H groups in total. The van der Waals surface area contributed by atoms with Crippen LogP contribution in [0.5, 0.6) is 5.75 Å². The Bertz CT molecular complexity index is 1240. The summed E-state index contributed by atoms with van der Waals surface area (Å²) in [6, 6.07) is 7.23. The van der Waals surface area contributed by atoms with E-state index in [0.29, 0.717) is 23.5 Å². The minimum atomic E-state index is -0.0265. The molecule has 1 aromatic rings. The Labute approximate surface area is 197 Å². The highest BCUT2D eigenvalue weighted by atomic mass is 16.5. The molecule has 1 aliphatic carbocycles. The van der Waals surface area contributed by atoms with E-state index in [-0.39, 0.29) is 5.43 Å². The zero-order valence-corrected chi connectivity index (χ0v) is 20.7. The van der Waals surface area contributed by atoms with E-state index in [4.69, 9.17) is 14.1 Å². The molecular formula is C29H35NO3. The Kier molecular flexibility index (Phi) is 8.26. The lowest BCUT2D eigenvalue weighted by Gasteiger charge is -2.12. The quantitative estimate of drug-likeness (QED) is 0.250. The number of benzene rings is 2. The lowest BCUT2D eigenvalue weighted by Crippen LogP contribution is -2.09. The Morgan fingerprint density at radius 3 is 2.39 bits per heavy atom. The Hall–Kier alpha value is -3.14. The van der Waals surface area contributed by atoms with E-state index in [2.05, 4.69) is 45.9 Å². The minimum absolute atomic E-state index is 0.0265. The molecule has 33 heavy (non-hydrogen) atoms. The number of hydrogen-bond donors (Lipinski definition) is 0. The number of allylic oxidation sites excluding steroid dienone is 5. The van der Waals surface area contributed by atoms with Gasteiger partial charge < -0.3 is 9.15 Å². The van der Waals surface area contributed by atoms with Gasteiger partial charge in [-0.3, -0.25) is 4.79 Å². The van der Waals surface area contributed by atoms with Crippen molar-refractivity contribution in [1.29, 1.82) is 0 Å². The summed E-state index contributed by atoms with van der Waals surface area (Å²) in [5, 5.41) is 0. The van der Waals surface area contributed by atoms with Crippen LogP contribution in [0.15, 0.2) is 68.4 Å². The highest BCUT2D eigenvalue weighted by molar-refractivity contribution is 5.79. The van der Waals surface area contributed by atoms with Crippen LogP contribution < -0.4 is 10.2 Å². The smallest absolute Gasteiger partial charge is 0.185 e. The van der Waals surface area contributed by atoms with E-state index in [9.17, 15) is 4.79 Å². The first kappa shape index (κ1) is 24.5. The molecule has 0 spiro atoms. The second-order valence-electron chi connectivity index (χ2n) is 9.11. The van der Waals surface area contributed by atoms with Crippen LogP contribution in [0.2, 0.25) is 0 Å². The molecule has 4 nitrogen and oxygen atoms in total. The maximum absolute atomic E-state index is 12.1. The number of aryl methyl sites for hydroxylation is 1. The zero-order chi connectivity index (χ0) is 24.0. The lowest BCUT2D eigenvalue weighted by molar-refractivity contribution is 0.362. The van der Waals surface area contributed by atoms with Gasteiger partial charge in [0.25, 0.3) is 0 Å². The van der Waals surface area contributed by atoms with Crippen molar-refractivity contribution in [3.63, 3.8) is 0 Å². The van der Waals surface area contributed by atoms with Crippen LogP contribution in [-0.2, 0) is 0 Å². The van der Waals surface area contributed by atoms with Crippen molar-refractivity contribution in [3.05, 3.63) is 80.6 Å². The molecule has 4 heteroatoms. The van der Waals surface area contributed by atoms with Gasteiger partial charge in [0.15, 0.2) is 16.8 Å². The Morgan fingerprint density at radius 2 is 1.67 bits per heavy atom. The topological polar surface area (TPSA) is 52.3 Å². The third kappa shape index (κ3) is 6.67. The van der Waals surface area contributed by atoms with Gasteiger partial charge in [0.1, 0.15) is 23.6 Å². The van der Waals surface area contributed by atoms with Crippen molar-refractivity contribution in [2.75, 3.05) is 6.61 Å². The van der Waals surface area contributed by atoms with Crippen molar-refractivity contribution in [3.8, 4) is 17.2 Å². The van der Waals surface area contributed by atoms with Gasteiger partial charge in [-0.2, -0.15) is 0 Å². The molecule has 0 saturated carbocycles. The first-order valence-electron chi connectivity index (χ1n) is 11.7. The van der Waals surface area contributed by atoms with E-state index < -0.39 is 0 Å². The van der Waals surface area contributed by atoms with E-state index in [0.717, 1.165) is 48.2 Å². The molecule has 0 unspecified atom stereocenters. The fourth-order valence-electron chi connectivity index (χ4n) is 3.72. The van der Waals surface area contributed by atoms with E-state index in [1.54, 1.807) is 13.0 Å². The van der Waals surface area contributed by atoms with Gasteiger partial charge in [-0.25, -0.2) is 4.98 Å². The van der Waals surface area contributed by atoms with Crippen molar-refractivity contribution in [1.82, 2.24) is 4.98 Å². The number of ether oxygens (including phenoxy) is 1. The summed E-state index contributed by atoms with van der Waals surface area (Å²) in [5.74, 6) is 1.30. The summed E-state index contributed by atoms with van der Waals surface area (Å²) in [6.45, 7) is 12.8. The average Bonchev–Trinajstić information content (AvgIpc) is 2.76. The maximum atomic E-state index is 12.1. The molecule has 0 amide bonds. The maximum Gasteiger partial charge on any atom is 0.185 e. The molecule has 3 rings (SSSR count). The van der Waals surface area contributed by atoms with Crippen molar-refractivity contribution < 1.29 is 9.15 Å². The van der Waals surface area contributed by atoms with Crippen LogP contribution >= 0.6 is 0 Å². The molecule has 0 atom stereocenters. The van der Waals surface area contributed by atoms with Gasteiger partial charge in [0.05, 0.1) is 0 Å². The number of rotatable bonds is 9. The van der Waals surface area contributed by atoms with Crippen LogP contribution in [0.4, 0.5) is 0 Å². The van der Waals surface area contributed by atoms with Crippen LogP contribution in [0, 0.1) is 13.8 Å². The molecule has 1 heterocycles. The molecule has 1 aliphatic heterocycles. The van der Waals surface area contributed by atoms with E-state index in [1.165, 1.54) is 16.7 Å². The second-order valence-corrected chi connectivity index (χ2v) is 9.11. The second kappa shape index (κ2) is 11.1. The summed E-state index contributed by atoms with van der Waals surface area (Å²) < 4.78 is 11.9. The largest absolute Gasteiger partial charge is 0.489 e. The molecule has 0 aromatic heterocycles. The van der Waals surface area contributed by atoms with Gasteiger partial charge in [-0.15, -0.1) is 0 Å². The lowest BCUT2D eigenvalue weighted by atomic mass is 10.0. The normalized spacial score (nSPS) is 12.4. The van der Waals surface area contributed by atoms with E-state index >= 15 is 0 Å². The number of fused-ring (bicyclic) bond motifs is 2. The van der Waals surface area contributed by atoms with Crippen LogP contribution in [0.25, 0.3) is 22.6 Å². The van der Waals surface area contributed by atoms with Crippen molar-refractivity contribution in [2.24, 2.45) is 0 Å². The number of hydrogen-bond acceptors (Lipinski definition) is 4. The standard InChI is InChI=1S/C29H35NO3/c1-19(2)9-7-10-20(3)11-8-12-21(4)15-16-32-24-13-14-27-25(18-24)30-28-22(5)17-26(31)23(6)29(28)33-27/h9,11,13-15,17-18H,7-8,10,12,16H2,1-6H3/b20-11+,21-15+. The summed E-state index contributed by atoms with van der Waals surface area (Å²) in [5.41, 5.74) is 7.61. The predicted octanol–water partition coefficient (Wildman–Crippen LogP) is 7.71. The molecule has 2 aliphatic rings. The third-order valence-electron chi connectivity index (χ3n) is 5.83. The Morgan fingerprint density at radius 1 is 0.970 bits per heavy atom. The predicted molar refractivity (Wildman–Crippen MR) is 137 cm³/mol. The molecule has 0 saturated heterocycles. The molecule has 0 radical (unpaired) electrons. The fraction of sp³-hybridized carbons (Fsp3) is 0.379. The van der Waals surface area contributed by atoms with Gasteiger partial charge in [0, 0.05) is 11.6 Å². The summed E-state index contributed by atoms with van der Waals surface area (Å²) in [7, 11) is 0. The number of nitrogens with zero attached hydrogens (tertiary/aromatic N) is 1. The zero-order valence-electron chi connectivity index (χ0n) is 20.7. The van der Waals surface area contributed by atoms with Crippen LogP contribution in [0.3, 0.4) is 0 Å². The highest BCUT2D eigenvalue weighted by Crippen LogP contribution is 2.30. The van der Waals surface area contributed by atoms with E-state index in [1.807, 2.05) is 25.1 Å².